The summed E-state index contributed by atoms with van der Waals surface area (Å²) in [5, 5.41) is 10.3. The topological polar surface area (TPSA) is 105 Å². The molecule has 0 aliphatic carbocycles. The molecule has 0 bridgehead atoms. The Morgan fingerprint density at radius 2 is 0.516 bits per heavy atom. The Bertz CT molecular complexity index is 3810. The zero-order valence-electron chi connectivity index (χ0n) is 51.4. The van der Waals surface area contributed by atoms with Crippen molar-refractivity contribution in [3.8, 4) is 44.5 Å². The van der Waals surface area contributed by atoms with Crippen molar-refractivity contribution in [2.75, 3.05) is 39.3 Å². The van der Waals surface area contributed by atoms with E-state index in [1.807, 2.05) is 129 Å². The average molecular weight is 1200 g/mol. The summed E-state index contributed by atoms with van der Waals surface area (Å²) >= 11 is 0. The number of fused-ring (bicyclic) bond motifs is 2. The minimum absolute atomic E-state index is 0.0426. The fraction of sp³-hybridized carbons (Fsp3) is 0.167. The summed E-state index contributed by atoms with van der Waals surface area (Å²) in [5.74, 6) is -0.0864. The van der Waals surface area contributed by atoms with Crippen molar-refractivity contribution >= 4 is 39.4 Å². The molecule has 0 fully saturated rings. The molecule has 0 atom stereocenters. The van der Waals surface area contributed by atoms with Gasteiger partial charge < -0.3 is 20.4 Å². The Labute approximate surface area is 533 Å². The molecule has 0 aliphatic heterocycles. The normalized spacial score (nSPS) is 10.9. The molecule has 0 aliphatic rings. The van der Waals surface area contributed by atoms with E-state index >= 15 is 0 Å². The number of urea groups is 1. The van der Waals surface area contributed by atoms with E-state index in [-0.39, 0.29) is 30.9 Å². The average Bonchev–Trinajstić information content (AvgIpc) is 3.75. The number of hydrogen-bond donors (Lipinski definition) is 2. The number of aromatic nitrogens is 6. The van der Waals surface area contributed by atoms with Crippen LogP contribution < -0.4 is 38.0 Å². The van der Waals surface area contributed by atoms with E-state index in [4.69, 9.17) is 0 Å². The maximum Gasteiger partial charge on any atom is 0.320 e. The molecular formula is C78H78N10O3+6. The predicted octanol–water partition coefficient (Wildman–Crippen LogP) is 10.2. The van der Waals surface area contributed by atoms with Crippen molar-refractivity contribution in [3.05, 3.63) is 305 Å². The molecule has 91 heavy (non-hydrogen) atoms. The lowest BCUT2D eigenvalue weighted by atomic mass is 10.1. The van der Waals surface area contributed by atoms with E-state index in [2.05, 4.69) is 224 Å². The van der Waals surface area contributed by atoms with Crippen LogP contribution in [0.4, 0.5) is 4.79 Å². The van der Waals surface area contributed by atoms with Crippen LogP contribution in [0.1, 0.15) is 6.42 Å². The van der Waals surface area contributed by atoms with Crippen LogP contribution in [0.3, 0.4) is 0 Å². The van der Waals surface area contributed by atoms with Crippen molar-refractivity contribution in [1.82, 2.24) is 20.4 Å². The van der Waals surface area contributed by atoms with E-state index in [1.54, 1.807) is 0 Å². The van der Waals surface area contributed by atoms with Crippen molar-refractivity contribution in [1.29, 1.82) is 0 Å². The SMILES string of the molecule is O=C(C[n+]1ccc2ccccc2c1)NCCCNC(=O)C[n+]1ccc2ccccc2c1.O=C(N(CC[n+]1ccc(-c2ccccc2)cc1)CC[n+]1ccc(-c2ccccc2)cc1)N(CC[n+]1ccc(-c2ccccc2)cc1)CC[n+]1ccc(-c2ccccc2)cc1. The molecule has 6 aromatic heterocycles. The molecule has 0 saturated carbocycles. The summed E-state index contributed by atoms with van der Waals surface area (Å²) in [7, 11) is 0. The van der Waals surface area contributed by atoms with Gasteiger partial charge in [-0.15, -0.1) is 0 Å². The first kappa shape index (κ1) is 61.6. The van der Waals surface area contributed by atoms with Gasteiger partial charge in [0, 0.05) is 84.5 Å². The number of amides is 4. The summed E-state index contributed by atoms with van der Waals surface area (Å²) in [4.78, 5) is 43.3. The van der Waals surface area contributed by atoms with Crippen LogP contribution in [-0.4, -0.2) is 66.9 Å². The molecule has 452 valence electrons. The fourth-order valence-corrected chi connectivity index (χ4v) is 11.0. The zero-order valence-corrected chi connectivity index (χ0v) is 51.4. The molecule has 6 aromatic carbocycles. The van der Waals surface area contributed by atoms with Crippen molar-refractivity contribution < 1.29 is 41.8 Å². The van der Waals surface area contributed by atoms with Crippen LogP contribution >= 0.6 is 0 Å². The van der Waals surface area contributed by atoms with Gasteiger partial charge in [0.2, 0.25) is 13.1 Å². The second-order valence-electron chi connectivity index (χ2n) is 22.6. The van der Waals surface area contributed by atoms with Gasteiger partial charge in [-0.2, -0.15) is 9.13 Å². The smallest absolute Gasteiger partial charge is 0.320 e. The van der Waals surface area contributed by atoms with Gasteiger partial charge in [0.1, 0.15) is 0 Å². The summed E-state index contributed by atoms with van der Waals surface area (Å²) in [6, 6.07) is 79.1. The minimum Gasteiger partial charge on any atom is -0.351 e. The highest BCUT2D eigenvalue weighted by Crippen LogP contribution is 2.20. The summed E-state index contributed by atoms with van der Waals surface area (Å²) < 4.78 is 12.4. The molecule has 13 nitrogen and oxygen atoms in total. The van der Waals surface area contributed by atoms with Crippen molar-refractivity contribution in [3.63, 3.8) is 0 Å². The van der Waals surface area contributed by atoms with Gasteiger partial charge in [0.05, 0.1) is 26.2 Å². The molecule has 12 rings (SSSR count). The number of nitrogens with one attached hydrogen (secondary N) is 2. The summed E-state index contributed by atoms with van der Waals surface area (Å²) in [6.45, 7) is 6.61. The molecule has 0 unspecified atom stereocenters. The Morgan fingerprint density at radius 3 is 0.802 bits per heavy atom. The number of carbonyl (C=O) groups is 3. The highest BCUT2D eigenvalue weighted by Gasteiger charge is 2.26. The first-order valence-corrected chi connectivity index (χ1v) is 31.3. The molecule has 4 amide bonds. The fourth-order valence-electron chi connectivity index (χ4n) is 11.0. The standard InChI is InChI=1S/C53H52N6O.C25H24N4O2/c60-53(58(41-37-54-29-21-49(22-30-54)45-13-5-1-6-14-45)42-38-55-31-23-50(24-32-55)46-15-7-2-8-16-46)59(43-39-56-33-25-51(26-34-56)47-17-9-3-10-18-47)44-40-57-35-27-52(28-36-57)48-19-11-4-12-20-48;30-24(18-28-14-10-20-6-1-3-8-22(20)16-28)26-12-5-13-27-25(31)19-29-15-11-21-7-2-4-9-23(21)17-29/h1-36H,37-44H2;1-4,6-11,14-17H,5,12-13,18-19H2/q+4;/p+2. The van der Waals surface area contributed by atoms with Gasteiger partial charge in [-0.25, -0.2) is 23.1 Å². The number of hydrogen-bond acceptors (Lipinski definition) is 3. The second-order valence-corrected chi connectivity index (χ2v) is 22.6. The number of nitrogens with zero attached hydrogens (tertiary/aromatic N) is 8. The molecular weight excluding hydrogens is 1120 g/mol. The highest BCUT2D eigenvalue weighted by molar-refractivity contribution is 5.82. The Kier molecular flexibility index (Phi) is 21.5. The van der Waals surface area contributed by atoms with Gasteiger partial charge in [-0.05, 0) is 73.8 Å². The van der Waals surface area contributed by atoms with Crippen LogP contribution in [0.2, 0.25) is 0 Å². The van der Waals surface area contributed by atoms with E-state index in [0.29, 0.717) is 71.9 Å². The third kappa shape index (κ3) is 18.0. The third-order valence-electron chi connectivity index (χ3n) is 16.2. The molecule has 13 heteroatoms. The lowest BCUT2D eigenvalue weighted by molar-refractivity contribution is -0.701. The number of carbonyl (C=O) groups excluding carboxylic acids is 3. The third-order valence-corrected chi connectivity index (χ3v) is 16.2. The lowest BCUT2D eigenvalue weighted by Gasteiger charge is -2.28. The van der Waals surface area contributed by atoms with Crippen LogP contribution in [0.15, 0.2) is 305 Å². The number of benzene rings is 6. The van der Waals surface area contributed by atoms with Gasteiger partial charge in [-0.1, -0.05) is 158 Å². The molecule has 0 saturated heterocycles. The van der Waals surface area contributed by atoms with Gasteiger partial charge in [-0.3, -0.25) is 9.59 Å². The Balaban J connectivity index is 0.000000230. The number of rotatable bonds is 24. The molecule has 0 radical (unpaired) electrons. The zero-order chi connectivity index (χ0) is 62.2. The number of pyridine rings is 6. The lowest BCUT2D eigenvalue weighted by Crippen LogP contribution is -2.54. The predicted molar refractivity (Wildman–Crippen MR) is 356 cm³/mol. The van der Waals surface area contributed by atoms with Gasteiger partial charge >= 0.3 is 6.03 Å². The monoisotopic (exact) mass is 1200 g/mol. The highest BCUT2D eigenvalue weighted by atomic mass is 16.2. The molecule has 2 N–H and O–H groups in total. The first-order valence-electron chi connectivity index (χ1n) is 31.3. The van der Waals surface area contributed by atoms with Crippen molar-refractivity contribution in [2.45, 2.75) is 45.7 Å². The minimum atomic E-state index is -0.0432. The van der Waals surface area contributed by atoms with Crippen LogP contribution in [-0.2, 0) is 48.9 Å². The van der Waals surface area contributed by atoms with Crippen LogP contribution in [0, 0.1) is 0 Å². The van der Waals surface area contributed by atoms with E-state index < -0.39 is 0 Å². The quantitative estimate of drug-likeness (QED) is 0.0465. The summed E-state index contributed by atoms with van der Waals surface area (Å²) in [5.41, 5.74) is 9.44. The maximum atomic E-state index is 14.9. The molecule has 12 aromatic rings. The van der Waals surface area contributed by atoms with E-state index in [1.165, 1.54) is 44.5 Å². The van der Waals surface area contributed by atoms with Crippen molar-refractivity contribution in [2.24, 2.45) is 0 Å². The second kappa shape index (κ2) is 31.7. The van der Waals surface area contributed by atoms with Gasteiger partial charge in [0.15, 0.2) is 101 Å². The first-order chi connectivity index (χ1) is 44.8. The van der Waals surface area contributed by atoms with E-state index in [0.717, 1.165) is 21.5 Å². The molecule has 0 spiro atoms. The largest absolute Gasteiger partial charge is 0.351 e. The maximum absolute atomic E-state index is 14.9. The van der Waals surface area contributed by atoms with Crippen LogP contribution in [0.25, 0.3) is 66.1 Å². The Morgan fingerprint density at radius 1 is 0.275 bits per heavy atom. The molecule has 6 heterocycles. The Hall–Kier alpha value is -11.1. The van der Waals surface area contributed by atoms with Gasteiger partial charge in [0.25, 0.3) is 11.8 Å². The van der Waals surface area contributed by atoms with Crippen LogP contribution in [0.5, 0.6) is 0 Å². The van der Waals surface area contributed by atoms with E-state index in [9.17, 15) is 14.4 Å². The summed E-state index contributed by atoms with van der Waals surface area (Å²) in [6.07, 6.45) is 25.4.